The van der Waals surface area contributed by atoms with E-state index in [0.717, 1.165) is 5.69 Å². The Labute approximate surface area is 110 Å². The third-order valence-electron chi connectivity index (χ3n) is 2.86. The molecule has 0 saturated heterocycles. The maximum Gasteiger partial charge on any atom is 0.263 e. The molecule has 100 valence electrons. The molecule has 0 aliphatic carbocycles. The number of aromatic nitrogens is 3. The highest BCUT2D eigenvalue weighted by atomic mass is 16.2. The zero-order valence-electron chi connectivity index (χ0n) is 11.2. The number of rotatable bonds is 3. The lowest BCUT2D eigenvalue weighted by atomic mass is 10.2. The van der Waals surface area contributed by atoms with Gasteiger partial charge < -0.3 is 9.88 Å². The highest BCUT2D eigenvalue weighted by Gasteiger charge is 2.14. The van der Waals surface area contributed by atoms with Crippen LogP contribution in [0.3, 0.4) is 0 Å². The van der Waals surface area contributed by atoms with Crippen molar-refractivity contribution in [2.24, 2.45) is 14.1 Å². The first-order valence-corrected chi connectivity index (χ1v) is 6.02. The van der Waals surface area contributed by atoms with Crippen LogP contribution in [0.15, 0.2) is 29.3 Å². The summed E-state index contributed by atoms with van der Waals surface area (Å²) >= 11 is 0. The lowest BCUT2D eigenvalue weighted by Crippen LogP contribution is -2.27. The fourth-order valence-corrected chi connectivity index (χ4v) is 1.86. The van der Waals surface area contributed by atoms with Crippen LogP contribution in [0.1, 0.15) is 23.0 Å². The van der Waals surface area contributed by atoms with Crippen molar-refractivity contribution in [1.82, 2.24) is 14.3 Å². The van der Waals surface area contributed by atoms with Crippen LogP contribution in [0, 0.1) is 0 Å². The SMILES string of the molecule is CCc1nn(C)cc1NC(=O)c1cccn(C)c1=O. The van der Waals surface area contributed by atoms with E-state index in [-0.39, 0.29) is 11.1 Å². The fraction of sp³-hybridized carbons (Fsp3) is 0.308. The predicted octanol–water partition coefficient (Wildman–Crippen LogP) is 0.933. The van der Waals surface area contributed by atoms with Crippen LogP contribution in [-0.2, 0) is 20.5 Å². The molecule has 2 heterocycles. The Kier molecular flexibility index (Phi) is 3.50. The number of aryl methyl sites for hydroxylation is 3. The second-order valence-corrected chi connectivity index (χ2v) is 4.31. The van der Waals surface area contributed by atoms with Crippen molar-refractivity contribution in [3.8, 4) is 0 Å². The average Bonchev–Trinajstić information content (AvgIpc) is 2.72. The van der Waals surface area contributed by atoms with Crippen molar-refractivity contribution in [1.29, 1.82) is 0 Å². The molecule has 1 N–H and O–H groups in total. The van der Waals surface area contributed by atoms with Crippen molar-refractivity contribution in [3.63, 3.8) is 0 Å². The molecule has 19 heavy (non-hydrogen) atoms. The van der Waals surface area contributed by atoms with E-state index in [1.807, 2.05) is 6.92 Å². The molecule has 2 rings (SSSR count). The molecule has 0 aliphatic heterocycles. The van der Waals surface area contributed by atoms with Gasteiger partial charge in [0.2, 0.25) is 0 Å². The number of hydrogen-bond acceptors (Lipinski definition) is 3. The van der Waals surface area contributed by atoms with E-state index in [2.05, 4.69) is 10.4 Å². The van der Waals surface area contributed by atoms with E-state index in [9.17, 15) is 9.59 Å². The summed E-state index contributed by atoms with van der Waals surface area (Å²) in [5.41, 5.74) is 1.24. The first-order valence-electron chi connectivity index (χ1n) is 6.02. The first-order chi connectivity index (χ1) is 9.02. The number of pyridine rings is 1. The highest BCUT2D eigenvalue weighted by molar-refractivity contribution is 6.04. The lowest BCUT2D eigenvalue weighted by Gasteiger charge is -2.05. The molecule has 1 amide bonds. The van der Waals surface area contributed by atoms with E-state index in [4.69, 9.17) is 0 Å². The zero-order chi connectivity index (χ0) is 14.0. The summed E-state index contributed by atoms with van der Waals surface area (Å²) in [7, 11) is 3.40. The van der Waals surface area contributed by atoms with Crippen LogP contribution in [0.25, 0.3) is 0 Å². The smallest absolute Gasteiger partial charge is 0.263 e. The topological polar surface area (TPSA) is 68.9 Å². The summed E-state index contributed by atoms with van der Waals surface area (Å²) in [5.74, 6) is -0.413. The molecule has 0 radical (unpaired) electrons. The van der Waals surface area contributed by atoms with Gasteiger partial charge in [0.15, 0.2) is 0 Å². The van der Waals surface area contributed by atoms with Crippen LogP contribution in [0.4, 0.5) is 5.69 Å². The van der Waals surface area contributed by atoms with Crippen molar-refractivity contribution in [2.45, 2.75) is 13.3 Å². The second kappa shape index (κ2) is 5.09. The quantitative estimate of drug-likeness (QED) is 0.892. The van der Waals surface area contributed by atoms with Gasteiger partial charge in [-0.2, -0.15) is 5.10 Å². The Morgan fingerprint density at radius 3 is 2.84 bits per heavy atom. The van der Waals surface area contributed by atoms with E-state index >= 15 is 0 Å². The Balaban J connectivity index is 2.31. The van der Waals surface area contributed by atoms with Crippen LogP contribution >= 0.6 is 0 Å². The molecule has 0 aliphatic rings. The average molecular weight is 260 g/mol. The van der Waals surface area contributed by atoms with Crippen molar-refractivity contribution in [3.05, 3.63) is 46.1 Å². The molecule has 0 atom stereocenters. The Morgan fingerprint density at radius 1 is 1.42 bits per heavy atom. The number of amides is 1. The van der Waals surface area contributed by atoms with Crippen molar-refractivity contribution < 1.29 is 4.79 Å². The van der Waals surface area contributed by atoms with Gasteiger partial charge in [-0.3, -0.25) is 14.3 Å². The molecule has 0 fully saturated rings. The Bertz CT molecular complexity index is 670. The van der Waals surface area contributed by atoms with Gasteiger partial charge in [0.05, 0.1) is 11.4 Å². The Hall–Kier alpha value is -2.37. The normalized spacial score (nSPS) is 10.5. The number of hydrogen-bond donors (Lipinski definition) is 1. The number of carbonyl (C=O) groups excluding carboxylic acids is 1. The van der Waals surface area contributed by atoms with E-state index in [1.165, 1.54) is 10.6 Å². The molecule has 6 heteroatoms. The molecule has 2 aromatic rings. The first kappa shape index (κ1) is 13.1. The summed E-state index contributed by atoms with van der Waals surface area (Å²) in [6.07, 6.45) is 4.05. The van der Waals surface area contributed by atoms with Crippen molar-refractivity contribution >= 4 is 11.6 Å². The summed E-state index contributed by atoms with van der Waals surface area (Å²) in [4.78, 5) is 23.9. The number of nitrogens with zero attached hydrogens (tertiary/aromatic N) is 3. The van der Waals surface area contributed by atoms with Gasteiger partial charge >= 0.3 is 0 Å². The minimum atomic E-state index is -0.413. The molecule has 0 bridgehead atoms. The maximum absolute atomic E-state index is 12.1. The molecular formula is C13H16N4O2. The summed E-state index contributed by atoms with van der Waals surface area (Å²) in [5, 5.41) is 6.97. The molecule has 0 aromatic carbocycles. The largest absolute Gasteiger partial charge is 0.319 e. The zero-order valence-corrected chi connectivity index (χ0v) is 11.2. The third-order valence-corrected chi connectivity index (χ3v) is 2.86. The monoisotopic (exact) mass is 260 g/mol. The molecule has 0 saturated carbocycles. The van der Waals surface area contributed by atoms with Gasteiger partial charge in [-0.25, -0.2) is 0 Å². The maximum atomic E-state index is 12.1. The molecule has 0 unspecified atom stereocenters. The molecule has 2 aromatic heterocycles. The van der Waals surface area contributed by atoms with Gasteiger partial charge in [0, 0.05) is 26.5 Å². The number of anilines is 1. The van der Waals surface area contributed by atoms with Crippen LogP contribution in [-0.4, -0.2) is 20.3 Å². The standard InChI is InChI=1S/C13H16N4O2/c1-4-10-11(8-17(3)15-10)14-12(18)9-6-5-7-16(2)13(9)19/h5-8H,4H2,1-3H3,(H,14,18). The van der Waals surface area contributed by atoms with E-state index < -0.39 is 5.91 Å². The van der Waals surface area contributed by atoms with E-state index in [0.29, 0.717) is 12.1 Å². The second-order valence-electron chi connectivity index (χ2n) is 4.31. The van der Waals surface area contributed by atoms with Crippen LogP contribution in [0.5, 0.6) is 0 Å². The van der Waals surface area contributed by atoms with Crippen molar-refractivity contribution in [2.75, 3.05) is 5.32 Å². The van der Waals surface area contributed by atoms with Gasteiger partial charge in [-0.05, 0) is 18.6 Å². The van der Waals surface area contributed by atoms with E-state index in [1.54, 1.807) is 37.2 Å². The van der Waals surface area contributed by atoms with Gasteiger partial charge in [0.1, 0.15) is 5.56 Å². The molecule has 6 nitrogen and oxygen atoms in total. The summed E-state index contributed by atoms with van der Waals surface area (Å²) in [6, 6.07) is 3.18. The number of nitrogens with one attached hydrogen (secondary N) is 1. The molecular weight excluding hydrogens is 244 g/mol. The summed E-state index contributed by atoms with van der Waals surface area (Å²) < 4.78 is 3.01. The lowest BCUT2D eigenvalue weighted by molar-refractivity contribution is 0.102. The van der Waals surface area contributed by atoms with Crippen LogP contribution in [0.2, 0.25) is 0 Å². The Morgan fingerprint density at radius 2 is 2.16 bits per heavy atom. The van der Waals surface area contributed by atoms with Gasteiger partial charge in [0.25, 0.3) is 11.5 Å². The van der Waals surface area contributed by atoms with Gasteiger partial charge in [-0.1, -0.05) is 6.92 Å². The number of carbonyl (C=O) groups is 1. The highest BCUT2D eigenvalue weighted by Crippen LogP contribution is 2.14. The van der Waals surface area contributed by atoms with Gasteiger partial charge in [-0.15, -0.1) is 0 Å². The summed E-state index contributed by atoms with van der Waals surface area (Å²) in [6.45, 7) is 1.96. The van der Waals surface area contributed by atoms with Crippen LogP contribution < -0.4 is 10.9 Å². The third kappa shape index (κ3) is 2.57. The fourth-order valence-electron chi connectivity index (χ4n) is 1.86. The minimum absolute atomic E-state index is 0.121. The molecule has 0 spiro atoms. The predicted molar refractivity (Wildman–Crippen MR) is 72.2 cm³/mol. The minimum Gasteiger partial charge on any atom is -0.319 e.